The summed E-state index contributed by atoms with van der Waals surface area (Å²) in [5.74, 6) is 0. The number of hydrogen-bond donors (Lipinski definition) is 1. The van der Waals surface area contributed by atoms with Crippen molar-refractivity contribution >= 4 is 34.1 Å². The van der Waals surface area contributed by atoms with Crippen molar-refractivity contribution in [2.45, 2.75) is 0 Å². The van der Waals surface area contributed by atoms with E-state index in [2.05, 4.69) is 10.1 Å². The number of anilines is 1. The van der Waals surface area contributed by atoms with Crippen LogP contribution < -0.4 is 11.3 Å². The molecule has 3 rings (SSSR count). The van der Waals surface area contributed by atoms with E-state index in [4.69, 9.17) is 5.73 Å². The summed E-state index contributed by atoms with van der Waals surface area (Å²) in [6.45, 7) is 0. The van der Waals surface area contributed by atoms with Gasteiger partial charge >= 0.3 is 0 Å². The third-order valence-corrected chi connectivity index (χ3v) is 3.26. The van der Waals surface area contributed by atoms with Crippen molar-refractivity contribution in [3.05, 3.63) is 57.5 Å². The topological polar surface area (TPSA) is 73.3 Å². The summed E-state index contributed by atoms with van der Waals surface area (Å²) in [5, 5.41) is 3.91. The molecule has 2 N–H and O–H groups in total. The van der Waals surface area contributed by atoms with Crippen molar-refractivity contribution in [3.8, 4) is 0 Å². The number of benzene rings is 1. The number of nitrogens with zero attached hydrogens (tertiary/aromatic N) is 3. The van der Waals surface area contributed by atoms with Crippen LogP contribution >= 0.6 is 11.3 Å². The maximum absolute atomic E-state index is 11.7. The number of rotatable bonds is 2. The zero-order valence-electron chi connectivity index (χ0n) is 9.85. The maximum Gasteiger partial charge on any atom is 0.275 e. The fraction of sp³-hybridized carbons (Fsp3) is 0. The number of aromatic nitrogens is 3. The summed E-state index contributed by atoms with van der Waals surface area (Å²) in [4.78, 5) is 16.7. The average Bonchev–Trinajstić information content (AvgIpc) is 2.87. The van der Waals surface area contributed by atoms with Crippen LogP contribution in [-0.2, 0) is 0 Å². The highest BCUT2D eigenvalue weighted by Crippen LogP contribution is 2.10. The van der Waals surface area contributed by atoms with Crippen LogP contribution in [0.3, 0.4) is 0 Å². The first-order valence-electron chi connectivity index (χ1n) is 5.59. The van der Waals surface area contributed by atoms with Gasteiger partial charge in [-0.1, -0.05) is 29.5 Å². The summed E-state index contributed by atoms with van der Waals surface area (Å²) in [5.41, 5.74) is 9.37. The van der Waals surface area contributed by atoms with Crippen molar-refractivity contribution < 1.29 is 0 Å². The Hall–Kier alpha value is -2.47. The average molecular weight is 270 g/mol. The zero-order chi connectivity index (χ0) is 13.2. The molecule has 2 aromatic heterocycles. The molecular weight excluding hydrogens is 260 g/mol. The molecule has 0 fully saturated rings. The molecule has 0 bridgehead atoms. The van der Waals surface area contributed by atoms with Gasteiger partial charge in [0.05, 0.1) is 5.69 Å². The van der Waals surface area contributed by atoms with E-state index in [0.29, 0.717) is 10.7 Å². The van der Waals surface area contributed by atoms with Crippen molar-refractivity contribution in [1.82, 2.24) is 14.6 Å². The third-order valence-electron chi connectivity index (χ3n) is 2.59. The van der Waals surface area contributed by atoms with Gasteiger partial charge in [-0.15, -0.1) is 0 Å². The summed E-state index contributed by atoms with van der Waals surface area (Å²) in [7, 11) is 0. The Bertz CT molecular complexity index is 801. The van der Waals surface area contributed by atoms with Crippen LogP contribution in [0.5, 0.6) is 0 Å². The molecule has 0 spiro atoms. The van der Waals surface area contributed by atoms with Gasteiger partial charge in [0.1, 0.15) is 5.51 Å². The summed E-state index contributed by atoms with van der Waals surface area (Å²) >= 11 is 1.33. The van der Waals surface area contributed by atoms with Crippen molar-refractivity contribution in [2.75, 3.05) is 5.73 Å². The van der Waals surface area contributed by atoms with Gasteiger partial charge in [-0.2, -0.15) is 9.61 Å². The lowest BCUT2D eigenvalue weighted by molar-refractivity contribution is 0.897. The molecule has 0 saturated carbocycles. The summed E-state index contributed by atoms with van der Waals surface area (Å²) in [6, 6.07) is 8.93. The smallest absolute Gasteiger partial charge is 0.275 e. The Morgan fingerprint density at radius 1 is 1.21 bits per heavy atom. The van der Waals surface area contributed by atoms with Crippen LogP contribution in [0.1, 0.15) is 11.3 Å². The molecule has 0 aliphatic rings. The normalized spacial score (nSPS) is 11.4. The van der Waals surface area contributed by atoms with E-state index >= 15 is 0 Å². The van der Waals surface area contributed by atoms with Crippen molar-refractivity contribution in [3.63, 3.8) is 0 Å². The van der Waals surface area contributed by atoms with Crippen LogP contribution in [0.15, 0.2) is 40.6 Å². The quantitative estimate of drug-likeness (QED) is 0.722. The van der Waals surface area contributed by atoms with Crippen LogP contribution in [0, 0.1) is 0 Å². The molecule has 3 aromatic rings. The first-order chi connectivity index (χ1) is 9.22. The zero-order valence-corrected chi connectivity index (χ0v) is 10.7. The van der Waals surface area contributed by atoms with Crippen LogP contribution in [0.4, 0.5) is 5.69 Å². The van der Waals surface area contributed by atoms with E-state index in [1.54, 1.807) is 11.6 Å². The lowest BCUT2D eigenvalue weighted by atomic mass is 10.2. The summed E-state index contributed by atoms with van der Waals surface area (Å²) in [6.07, 6.45) is 3.69. The van der Waals surface area contributed by atoms with Gasteiger partial charge in [0, 0.05) is 11.8 Å². The first kappa shape index (κ1) is 11.6. The number of fused-ring (bicyclic) bond motifs is 1. The molecule has 0 aliphatic heterocycles. The highest BCUT2D eigenvalue weighted by Gasteiger charge is 2.01. The summed E-state index contributed by atoms with van der Waals surface area (Å²) < 4.78 is 1.28. The highest BCUT2D eigenvalue weighted by molar-refractivity contribution is 7.14. The minimum Gasteiger partial charge on any atom is -0.399 e. The number of hydrogen-bond acceptors (Lipinski definition) is 5. The van der Waals surface area contributed by atoms with Gasteiger partial charge in [-0.25, -0.2) is 4.98 Å². The maximum atomic E-state index is 11.7. The molecule has 2 heterocycles. The van der Waals surface area contributed by atoms with E-state index in [1.807, 2.05) is 30.3 Å². The molecule has 94 valence electrons. The molecular formula is C13H10N4OS. The molecule has 0 atom stereocenters. The molecule has 1 aromatic carbocycles. The molecule has 0 unspecified atom stereocenters. The van der Waals surface area contributed by atoms with Gasteiger partial charge in [0.2, 0.25) is 4.96 Å². The van der Waals surface area contributed by atoms with Crippen molar-refractivity contribution in [1.29, 1.82) is 0 Å². The molecule has 6 heteroatoms. The van der Waals surface area contributed by atoms with Gasteiger partial charge in [-0.3, -0.25) is 4.79 Å². The molecule has 0 aliphatic carbocycles. The van der Waals surface area contributed by atoms with Gasteiger partial charge in [-0.05, 0) is 23.8 Å². The molecule has 0 radical (unpaired) electrons. The molecule has 19 heavy (non-hydrogen) atoms. The Labute approximate surface area is 112 Å². The van der Waals surface area contributed by atoms with Crippen LogP contribution in [-0.4, -0.2) is 14.6 Å². The van der Waals surface area contributed by atoms with E-state index in [9.17, 15) is 4.79 Å². The minimum absolute atomic E-state index is 0.178. The van der Waals surface area contributed by atoms with Crippen LogP contribution in [0.2, 0.25) is 0 Å². The second kappa shape index (κ2) is 4.66. The molecule has 5 nitrogen and oxygen atoms in total. The van der Waals surface area contributed by atoms with E-state index in [0.717, 1.165) is 11.3 Å². The minimum atomic E-state index is -0.178. The Balaban J connectivity index is 1.96. The fourth-order valence-corrected chi connectivity index (χ4v) is 2.28. The van der Waals surface area contributed by atoms with Crippen molar-refractivity contribution in [2.24, 2.45) is 0 Å². The lowest BCUT2D eigenvalue weighted by Crippen LogP contribution is -2.13. The first-order valence-corrected chi connectivity index (χ1v) is 6.47. The Kier molecular flexibility index (Phi) is 2.85. The van der Waals surface area contributed by atoms with E-state index in [1.165, 1.54) is 21.9 Å². The largest absolute Gasteiger partial charge is 0.399 e. The van der Waals surface area contributed by atoms with E-state index < -0.39 is 0 Å². The predicted molar refractivity (Wildman–Crippen MR) is 76.9 cm³/mol. The van der Waals surface area contributed by atoms with Gasteiger partial charge < -0.3 is 5.73 Å². The standard InChI is InChI=1S/C13H10N4OS/c14-10-4-1-9(2-5-10)3-6-11-7-12(18)17-13(16-11)19-8-15-17/h1-8H,14H2/b6-3+. The second-order valence-electron chi connectivity index (χ2n) is 3.95. The highest BCUT2D eigenvalue weighted by atomic mass is 32.1. The Morgan fingerprint density at radius 3 is 2.79 bits per heavy atom. The van der Waals surface area contributed by atoms with Crippen LogP contribution in [0.25, 0.3) is 17.1 Å². The van der Waals surface area contributed by atoms with Gasteiger partial charge in [0.25, 0.3) is 5.56 Å². The molecule has 0 saturated heterocycles. The monoisotopic (exact) mass is 270 g/mol. The van der Waals surface area contributed by atoms with E-state index in [-0.39, 0.29) is 5.56 Å². The number of nitrogen functional groups attached to an aromatic ring is 1. The number of nitrogens with two attached hydrogens (primary N) is 1. The molecule has 0 amide bonds. The van der Waals surface area contributed by atoms with Gasteiger partial charge in [0.15, 0.2) is 0 Å². The second-order valence-corrected chi connectivity index (χ2v) is 4.76. The SMILES string of the molecule is Nc1ccc(/C=C/c2cc(=O)n3ncsc3n2)cc1. The predicted octanol–water partition coefficient (Wildman–Crippen LogP) is 1.90. The Morgan fingerprint density at radius 2 is 2.00 bits per heavy atom. The lowest BCUT2D eigenvalue weighted by Gasteiger charge is -1.96. The fourth-order valence-electron chi connectivity index (χ4n) is 1.65. The third kappa shape index (κ3) is 2.38.